The van der Waals surface area contributed by atoms with E-state index in [1.807, 2.05) is 24.3 Å². The van der Waals surface area contributed by atoms with Gasteiger partial charge in [-0.2, -0.15) is 0 Å². The second kappa shape index (κ2) is 5.17. The number of carbonyl (C=O) groups is 1. The number of thiophene rings is 1. The van der Waals surface area contributed by atoms with Crippen molar-refractivity contribution >= 4 is 44.8 Å². The Morgan fingerprint density at radius 3 is 2.75 bits per heavy atom. The molecule has 0 amide bonds. The van der Waals surface area contributed by atoms with Crippen molar-refractivity contribution in [2.75, 3.05) is 0 Å². The highest BCUT2D eigenvalue weighted by molar-refractivity contribution is 9.10. The van der Waals surface area contributed by atoms with E-state index >= 15 is 0 Å². The molecule has 2 rings (SSSR count). The summed E-state index contributed by atoms with van der Waals surface area (Å²) in [6, 6.07) is 9.83. The van der Waals surface area contributed by atoms with E-state index in [1.54, 1.807) is 30.0 Å². The minimum Gasteiger partial charge on any atom is -0.295 e. The van der Waals surface area contributed by atoms with Gasteiger partial charge in [0.05, 0.1) is 4.21 Å². The van der Waals surface area contributed by atoms with Crippen LogP contribution in [-0.4, -0.2) is 5.78 Å². The fourth-order valence-electron chi connectivity index (χ4n) is 1.23. The van der Waals surface area contributed by atoms with Crippen LogP contribution >= 0.6 is 39.0 Å². The molecule has 2 aromatic rings. The molecular formula is C12H9BrOS2. The van der Waals surface area contributed by atoms with Crippen LogP contribution in [0.15, 0.2) is 49.3 Å². The maximum Gasteiger partial charge on any atom is 0.159 e. The van der Waals surface area contributed by atoms with Crippen LogP contribution in [0.4, 0.5) is 0 Å². The van der Waals surface area contributed by atoms with Gasteiger partial charge in [0, 0.05) is 14.9 Å². The van der Waals surface area contributed by atoms with Crippen molar-refractivity contribution in [1.29, 1.82) is 0 Å². The minimum atomic E-state index is 0.0911. The molecule has 0 spiro atoms. The molecule has 1 heterocycles. The molecular weight excluding hydrogens is 304 g/mol. The molecule has 0 aliphatic rings. The second-order valence-electron chi connectivity index (χ2n) is 3.24. The summed E-state index contributed by atoms with van der Waals surface area (Å²) < 4.78 is 2.22. The highest BCUT2D eigenvalue weighted by Gasteiger charge is 2.06. The molecule has 0 aliphatic carbocycles. The average Bonchev–Trinajstić information content (AvgIpc) is 2.73. The number of carbonyl (C=O) groups excluding carboxylic acids is 1. The first-order chi connectivity index (χ1) is 7.66. The average molecular weight is 313 g/mol. The standard InChI is InChI=1S/C12H9BrOS2/c1-8(14)9-4-5-11(10(13)7-9)16-12-3-2-6-15-12/h2-7H,1H3. The van der Waals surface area contributed by atoms with E-state index < -0.39 is 0 Å². The Hall–Kier alpha value is -0.580. The number of hydrogen-bond donors (Lipinski definition) is 0. The monoisotopic (exact) mass is 312 g/mol. The van der Waals surface area contributed by atoms with E-state index in [9.17, 15) is 4.79 Å². The first-order valence-corrected chi connectivity index (χ1v) is 7.17. The number of hydrogen-bond acceptors (Lipinski definition) is 3. The molecule has 0 bridgehead atoms. The normalized spacial score (nSPS) is 10.4. The molecule has 0 unspecified atom stereocenters. The first kappa shape index (κ1) is 11.9. The summed E-state index contributed by atoms with van der Waals surface area (Å²) in [5, 5.41) is 2.06. The van der Waals surface area contributed by atoms with Crippen LogP contribution in [0.2, 0.25) is 0 Å². The Morgan fingerprint density at radius 1 is 1.38 bits per heavy atom. The number of halogens is 1. The maximum atomic E-state index is 11.2. The van der Waals surface area contributed by atoms with Crippen LogP contribution in [0.1, 0.15) is 17.3 Å². The zero-order valence-corrected chi connectivity index (χ0v) is 11.8. The van der Waals surface area contributed by atoms with Gasteiger partial charge in [-0.25, -0.2) is 0 Å². The molecule has 0 saturated carbocycles. The molecule has 16 heavy (non-hydrogen) atoms. The third kappa shape index (κ3) is 2.75. The Bertz CT molecular complexity index is 506. The second-order valence-corrected chi connectivity index (χ2v) is 6.38. The van der Waals surface area contributed by atoms with E-state index in [0.29, 0.717) is 0 Å². The molecule has 0 saturated heterocycles. The Labute approximate surface area is 111 Å². The lowest BCUT2D eigenvalue weighted by molar-refractivity contribution is 0.101. The Kier molecular flexibility index (Phi) is 3.84. The molecule has 0 atom stereocenters. The predicted molar refractivity (Wildman–Crippen MR) is 72.6 cm³/mol. The van der Waals surface area contributed by atoms with Crippen LogP contribution in [0.5, 0.6) is 0 Å². The van der Waals surface area contributed by atoms with Gasteiger partial charge in [-0.1, -0.05) is 23.9 Å². The number of benzene rings is 1. The summed E-state index contributed by atoms with van der Waals surface area (Å²) in [5.41, 5.74) is 0.738. The van der Waals surface area contributed by atoms with Gasteiger partial charge < -0.3 is 0 Å². The Balaban J connectivity index is 2.26. The van der Waals surface area contributed by atoms with Crippen molar-refractivity contribution in [3.05, 3.63) is 45.7 Å². The van der Waals surface area contributed by atoms with E-state index in [2.05, 4.69) is 27.4 Å². The van der Waals surface area contributed by atoms with Gasteiger partial charge in [-0.3, -0.25) is 4.79 Å². The predicted octanol–water partition coefficient (Wildman–Crippen LogP) is 4.86. The van der Waals surface area contributed by atoms with Gasteiger partial charge in [0.1, 0.15) is 0 Å². The zero-order chi connectivity index (χ0) is 11.5. The molecule has 82 valence electrons. The maximum absolute atomic E-state index is 11.2. The molecule has 4 heteroatoms. The van der Waals surface area contributed by atoms with Gasteiger partial charge in [0.15, 0.2) is 5.78 Å². The molecule has 1 nitrogen and oxygen atoms in total. The van der Waals surface area contributed by atoms with Crippen molar-refractivity contribution in [2.45, 2.75) is 16.0 Å². The summed E-state index contributed by atoms with van der Waals surface area (Å²) in [6.07, 6.45) is 0. The van der Waals surface area contributed by atoms with E-state index in [-0.39, 0.29) is 5.78 Å². The van der Waals surface area contributed by atoms with Gasteiger partial charge in [0.25, 0.3) is 0 Å². The van der Waals surface area contributed by atoms with Crippen LogP contribution < -0.4 is 0 Å². The lowest BCUT2D eigenvalue weighted by Crippen LogP contribution is -1.91. The third-order valence-corrected chi connectivity index (χ3v) is 5.08. The summed E-state index contributed by atoms with van der Waals surface area (Å²) in [6.45, 7) is 1.58. The first-order valence-electron chi connectivity index (χ1n) is 4.68. The van der Waals surface area contributed by atoms with E-state index in [1.165, 1.54) is 4.21 Å². The van der Waals surface area contributed by atoms with Crippen LogP contribution in [0.25, 0.3) is 0 Å². The van der Waals surface area contributed by atoms with Crippen molar-refractivity contribution in [1.82, 2.24) is 0 Å². The number of ketones is 1. The minimum absolute atomic E-state index is 0.0911. The highest BCUT2D eigenvalue weighted by Crippen LogP contribution is 2.36. The molecule has 0 radical (unpaired) electrons. The molecule has 0 N–H and O–H groups in total. The van der Waals surface area contributed by atoms with Crippen LogP contribution in [-0.2, 0) is 0 Å². The molecule has 0 fully saturated rings. The van der Waals surface area contributed by atoms with Crippen molar-refractivity contribution in [2.24, 2.45) is 0 Å². The number of Topliss-reactive ketones (excluding diaryl/α,β-unsaturated/α-hetero) is 1. The quantitative estimate of drug-likeness (QED) is 0.752. The summed E-state index contributed by atoms with van der Waals surface area (Å²) in [7, 11) is 0. The van der Waals surface area contributed by atoms with E-state index in [0.717, 1.165) is 14.9 Å². The largest absolute Gasteiger partial charge is 0.295 e. The SMILES string of the molecule is CC(=O)c1ccc(Sc2cccs2)c(Br)c1. The van der Waals surface area contributed by atoms with Crippen molar-refractivity contribution in [3.8, 4) is 0 Å². The van der Waals surface area contributed by atoms with Crippen LogP contribution in [0, 0.1) is 0 Å². The molecule has 1 aromatic carbocycles. The molecule has 1 aromatic heterocycles. The summed E-state index contributed by atoms with van der Waals surface area (Å²) in [4.78, 5) is 12.3. The van der Waals surface area contributed by atoms with Gasteiger partial charge in [0.2, 0.25) is 0 Å². The lowest BCUT2D eigenvalue weighted by atomic mass is 10.2. The smallest absolute Gasteiger partial charge is 0.159 e. The Morgan fingerprint density at radius 2 is 2.19 bits per heavy atom. The van der Waals surface area contributed by atoms with Crippen molar-refractivity contribution < 1.29 is 4.79 Å². The van der Waals surface area contributed by atoms with Gasteiger partial charge in [-0.15, -0.1) is 11.3 Å². The summed E-state index contributed by atoms with van der Waals surface area (Å²) >= 11 is 6.91. The number of rotatable bonds is 3. The third-order valence-electron chi connectivity index (χ3n) is 2.04. The molecule has 0 aliphatic heterocycles. The van der Waals surface area contributed by atoms with Gasteiger partial charge in [-0.05, 0) is 46.4 Å². The van der Waals surface area contributed by atoms with E-state index in [4.69, 9.17) is 0 Å². The van der Waals surface area contributed by atoms with Crippen LogP contribution in [0.3, 0.4) is 0 Å². The highest BCUT2D eigenvalue weighted by atomic mass is 79.9. The fourth-order valence-corrected chi connectivity index (χ4v) is 3.59. The summed E-state index contributed by atoms with van der Waals surface area (Å²) in [5.74, 6) is 0.0911. The fraction of sp³-hybridized carbons (Fsp3) is 0.0833. The zero-order valence-electron chi connectivity index (χ0n) is 8.57. The lowest BCUT2D eigenvalue weighted by Gasteiger charge is -2.03. The topological polar surface area (TPSA) is 17.1 Å². The van der Waals surface area contributed by atoms with Gasteiger partial charge >= 0.3 is 0 Å². The van der Waals surface area contributed by atoms with Crippen molar-refractivity contribution in [3.63, 3.8) is 0 Å².